The predicted molar refractivity (Wildman–Crippen MR) is 33.8 cm³/mol. The number of ether oxygens (including phenoxy) is 1. The normalized spacial score (nSPS) is 11.4. The Hall–Kier alpha value is -0.240. The largest absolute Gasteiger partial charge is 0.441 e. The minimum Gasteiger partial charge on any atom is -0.441 e. The van der Waals surface area contributed by atoms with Crippen LogP contribution in [-0.4, -0.2) is 10.6 Å². The molecule has 2 nitrogen and oxygen atoms in total. The fourth-order valence-electron chi connectivity index (χ4n) is 0.0881. The van der Waals surface area contributed by atoms with Gasteiger partial charge in [-0.2, -0.15) is 0 Å². The molecule has 0 spiro atoms. The first-order valence-electron chi connectivity index (χ1n) is 1.50. The SMILES string of the molecule is C#CC(I)OC=O. The average Bonchev–Trinajstić information content (AvgIpc) is 1.68. The number of alkyl halides is 1. The number of rotatable bonds is 2. The molecule has 0 fully saturated rings. The molecular weight excluding hydrogens is 207 g/mol. The lowest BCUT2D eigenvalue weighted by atomic mass is 10.8. The number of hydrogen-bond acceptors (Lipinski definition) is 2. The zero-order valence-electron chi connectivity index (χ0n) is 3.43. The summed E-state index contributed by atoms with van der Waals surface area (Å²) in [6.07, 6.45) is 4.82. The van der Waals surface area contributed by atoms with Gasteiger partial charge < -0.3 is 4.74 Å². The Labute approximate surface area is 55.4 Å². The summed E-state index contributed by atoms with van der Waals surface area (Å²) in [6, 6.07) is 0. The van der Waals surface area contributed by atoms with E-state index in [9.17, 15) is 4.79 Å². The second kappa shape index (κ2) is 3.93. The molecule has 38 valence electrons. The summed E-state index contributed by atoms with van der Waals surface area (Å²) in [6.45, 7) is 0.330. The predicted octanol–water partition coefficient (Wildman–Crippen LogP) is 0.554. The van der Waals surface area contributed by atoms with Crippen LogP contribution in [0.5, 0.6) is 0 Å². The summed E-state index contributed by atoms with van der Waals surface area (Å²) in [5, 5.41) is 0. The van der Waals surface area contributed by atoms with Crippen molar-refractivity contribution in [3.8, 4) is 12.3 Å². The molecule has 0 aliphatic heterocycles. The lowest BCUT2D eigenvalue weighted by molar-refractivity contribution is -0.127. The van der Waals surface area contributed by atoms with Gasteiger partial charge in [-0.25, -0.2) is 0 Å². The van der Waals surface area contributed by atoms with Gasteiger partial charge in [0.2, 0.25) is 4.11 Å². The Morgan fingerprint density at radius 1 is 2.00 bits per heavy atom. The minimum absolute atomic E-state index is 0.330. The van der Waals surface area contributed by atoms with Gasteiger partial charge in [0, 0.05) is 0 Å². The Bertz CT molecular complexity index is 94.4. The van der Waals surface area contributed by atoms with Crippen molar-refractivity contribution in [1.29, 1.82) is 0 Å². The van der Waals surface area contributed by atoms with E-state index in [0.717, 1.165) is 0 Å². The van der Waals surface area contributed by atoms with Crippen molar-refractivity contribution in [1.82, 2.24) is 0 Å². The van der Waals surface area contributed by atoms with E-state index in [1.807, 2.05) is 22.6 Å². The summed E-state index contributed by atoms with van der Waals surface area (Å²) >= 11 is 1.82. The Morgan fingerprint density at radius 3 is 2.71 bits per heavy atom. The number of terminal acetylenes is 1. The first-order valence-corrected chi connectivity index (χ1v) is 2.75. The maximum Gasteiger partial charge on any atom is 0.295 e. The van der Waals surface area contributed by atoms with Crippen LogP contribution in [0.1, 0.15) is 0 Å². The molecule has 0 aliphatic rings. The van der Waals surface area contributed by atoms with Gasteiger partial charge in [-0.15, -0.1) is 6.42 Å². The second-order valence-corrected chi connectivity index (χ2v) is 1.85. The van der Waals surface area contributed by atoms with Crippen molar-refractivity contribution in [2.45, 2.75) is 4.11 Å². The topological polar surface area (TPSA) is 26.3 Å². The van der Waals surface area contributed by atoms with Crippen molar-refractivity contribution >= 4 is 29.1 Å². The maximum atomic E-state index is 9.45. The molecule has 0 N–H and O–H groups in total. The Morgan fingerprint density at radius 2 is 2.57 bits per heavy atom. The van der Waals surface area contributed by atoms with Gasteiger partial charge in [0.25, 0.3) is 6.47 Å². The molecule has 0 saturated heterocycles. The molecular formula is C4H3IO2. The Kier molecular flexibility index (Phi) is 3.80. The highest BCUT2D eigenvalue weighted by molar-refractivity contribution is 14.1. The van der Waals surface area contributed by atoms with E-state index in [-0.39, 0.29) is 0 Å². The van der Waals surface area contributed by atoms with Crippen LogP contribution in [-0.2, 0) is 9.53 Å². The monoisotopic (exact) mass is 210 g/mol. The van der Waals surface area contributed by atoms with Crippen LogP contribution in [0.3, 0.4) is 0 Å². The van der Waals surface area contributed by atoms with Crippen LogP contribution in [0.4, 0.5) is 0 Å². The molecule has 0 aromatic carbocycles. The van der Waals surface area contributed by atoms with E-state index in [4.69, 9.17) is 6.42 Å². The van der Waals surface area contributed by atoms with E-state index in [1.54, 1.807) is 0 Å². The first-order chi connectivity index (χ1) is 3.31. The van der Waals surface area contributed by atoms with Gasteiger partial charge >= 0.3 is 0 Å². The van der Waals surface area contributed by atoms with E-state index in [1.165, 1.54) is 0 Å². The molecule has 0 amide bonds. The van der Waals surface area contributed by atoms with Gasteiger partial charge in [0.05, 0.1) is 0 Å². The van der Waals surface area contributed by atoms with Gasteiger partial charge in [-0.05, 0) is 22.6 Å². The van der Waals surface area contributed by atoms with Crippen LogP contribution in [0.15, 0.2) is 0 Å². The van der Waals surface area contributed by atoms with Gasteiger partial charge in [0.15, 0.2) is 0 Å². The van der Waals surface area contributed by atoms with E-state index in [2.05, 4.69) is 10.7 Å². The number of carbonyl (C=O) groups excluding carboxylic acids is 1. The standard InChI is InChI=1S/C4H3IO2/c1-2-4(5)7-3-6/h1,3-4H. The van der Waals surface area contributed by atoms with Crippen LogP contribution < -0.4 is 0 Å². The molecule has 0 aromatic rings. The molecule has 0 aliphatic carbocycles. The molecule has 0 radical (unpaired) electrons. The molecule has 0 aromatic heterocycles. The zero-order valence-corrected chi connectivity index (χ0v) is 5.58. The summed E-state index contributed by atoms with van der Waals surface area (Å²) in [7, 11) is 0. The third-order valence-electron chi connectivity index (χ3n) is 0.306. The van der Waals surface area contributed by atoms with Crippen LogP contribution in [0, 0.1) is 12.3 Å². The second-order valence-electron chi connectivity index (χ2n) is 0.715. The lowest BCUT2D eigenvalue weighted by Crippen LogP contribution is -1.96. The lowest BCUT2D eigenvalue weighted by Gasteiger charge is -1.93. The van der Waals surface area contributed by atoms with Crippen LogP contribution >= 0.6 is 22.6 Å². The van der Waals surface area contributed by atoms with Gasteiger partial charge in [-0.3, -0.25) is 4.79 Å². The molecule has 1 atom stereocenters. The quantitative estimate of drug-likeness (QED) is 0.288. The van der Waals surface area contributed by atoms with Crippen molar-refractivity contribution < 1.29 is 9.53 Å². The van der Waals surface area contributed by atoms with Gasteiger partial charge in [-0.1, -0.05) is 5.92 Å². The van der Waals surface area contributed by atoms with Crippen molar-refractivity contribution in [3.63, 3.8) is 0 Å². The molecule has 0 heterocycles. The van der Waals surface area contributed by atoms with Crippen molar-refractivity contribution in [2.24, 2.45) is 0 Å². The number of halogens is 1. The zero-order chi connectivity index (χ0) is 5.70. The van der Waals surface area contributed by atoms with Crippen molar-refractivity contribution in [3.05, 3.63) is 0 Å². The fraction of sp³-hybridized carbons (Fsp3) is 0.250. The van der Waals surface area contributed by atoms with Crippen LogP contribution in [0.2, 0.25) is 0 Å². The third-order valence-corrected chi connectivity index (χ3v) is 0.959. The highest BCUT2D eigenvalue weighted by Gasteiger charge is 1.91. The number of hydrogen-bond donors (Lipinski definition) is 0. The summed E-state index contributed by atoms with van der Waals surface area (Å²) in [5.41, 5.74) is 0. The number of carbonyl (C=O) groups is 1. The Balaban J connectivity index is 3.21. The highest BCUT2D eigenvalue weighted by Crippen LogP contribution is 1.95. The fourth-order valence-corrected chi connectivity index (χ4v) is 0.208. The summed E-state index contributed by atoms with van der Waals surface area (Å²) in [5.74, 6) is 2.20. The van der Waals surface area contributed by atoms with E-state index in [0.29, 0.717) is 6.47 Å². The maximum absolute atomic E-state index is 9.45. The third kappa shape index (κ3) is 3.59. The average molecular weight is 210 g/mol. The minimum atomic E-state index is -0.421. The molecule has 3 heteroatoms. The van der Waals surface area contributed by atoms with E-state index < -0.39 is 4.11 Å². The molecule has 1 unspecified atom stereocenters. The van der Waals surface area contributed by atoms with Crippen molar-refractivity contribution in [2.75, 3.05) is 0 Å². The first kappa shape index (κ1) is 6.76. The molecule has 0 bridgehead atoms. The summed E-state index contributed by atoms with van der Waals surface area (Å²) in [4.78, 5) is 9.45. The van der Waals surface area contributed by atoms with Gasteiger partial charge in [0.1, 0.15) is 0 Å². The smallest absolute Gasteiger partial charge is 0.295 e. The van der Waals surface area contributed by atoms with Crippen LogP contribution in [0.25, 0.3) is 0 Å². The molecule has 7 heavy (non-hydrogen) atoms. The molecule has 0 saturated carbocycles. The molecule has 0 rings (SSSR count). The summed E-state index contributed by atoms with van der Waals surface area (Å²) < 4.78 is 3.84. The highest BCUT2D eigenvalue weighted by atomic mass is 127. The van der Waals surface area contributed by atoms with E-state index >= 15 is 0 Å².